The molecule has 2 rings (SSSR count). The summed E-state index contributed by atoms with van der Waals surface area (Å²) in [5, 5.41) is 0. The van der Waals surface area contributed by atoms with Gasteiger partial charge in [0.15, 0.2) is 0 Å². The highest BCUT2D eigenvalue weighted by molar-refractivity contribution is 5.04. The van der Waals surface area contributed by atoms with Gasteiger partial charge in [-0.1, -0.05) is 27.2 Å². The van der Waals surface area contributed by atoms with Crippen molar-refractivity contribution >= 4 is 0 Å². The van der Waals surface area contributed by atoms with Crippen molar-refractivity contribution < 1.29 is 0 Å². The Labute approximate surface area is 94.8 Å². The van der Waals surface area contributed by atoms with Crippen molar-refractivity contribution in [1.82, 2.24) is 0 Å². The molecule has 0 heterocycles. The average molecular weight is 209 g/mol. The van der Waals surface area contributed by atoms with E-state index in [1.54, 1.807) is 0 Å². The fourth-order valence-corrected chi connectivity index (χ4v) is 3.68. The maximum atomic E-state index is 5.81. The van der Waals surface area contributed by atoms with E-state index in [1.807, 2.05) is 0 Å². The van der Waals surface area contributed by atoms with Gasteiger partial charge in [-0.3, -0.25) is 0 Å². The number of hydrogen-bond acceptors (Lipinski definition) is 1. The minimum Gasteiger partial charge on any atom is -0.330 e. The van der Waals surface area contributed by atoms with Gasteiger partial charge in [-0.15, -0.1) is 0 Å². The normalized spacial score (nSPS) is 41.6. The summed E-state index contributed by atoms with van der Waals surface area (Å²) in [6, 6.07) is 0. The van der Waals surface area contributed by atoms with Crippen molar-refractivity contribution in [2.45, 2.75) is 59.3 Å². The predicted octanol–water partition coefficient (Wildman–Crippen LogP) is 3.58. The molecule has 88 valence electrons. The van der Waals surface area contributed by atoms with Gasteiger partial charge in [0.2, 0.25) is 0 Å². The smallest absolute Gasteiger partial charge is 0.00433 e. The van der Waals surface area contributed by atoms with Gasteiger partial charge in [0, 0.05) is 0 Å². The highest BCUT2D eigenvalue weighted by atomic mass is 14.7. The Morgan fingerprint density at radius 2 is 1.93 bits per heavy atom. The second-order valence-corrected chi connectivity index (χ2v) is 6.99. The molecule has 0 amide bonds. The molecule has 0 aromatic rings. The molecule has 15 heavy (non-hydrogen) atoms. The van der Waals surface area contributed by atoms with Crippen molar-refractivity contribution in [1.29, 1.82) is 0 Å². The third kappa shape index (κ3) is 2.22. The molecule has 2 N–H and O–H groups in total. The summed E-state index contributed by atoms with van der Waals surface area (Å²) in [5.74, 6) is 1.81. The van der Waals surface area contributed by atoms with Crippen LogP contribution in [0.3, 0.4) is 0 Å². The Morgan fingerprint density at radius 3 is 2.47 bits per heavy atom. The van der Waals surface area contributed by atoms with Crippen LogP contribution in [0.15, 0.2) is 0 Å². The summed E-state index contributed by atoms with van der Waals surface area (Å²) >= 11 is 0. The van der Waals surface area contributed by atoms with Crippen LogP contribution in [0.4, 0.5) is 0 Å². The van der Waals surface area contributed by atoms with Crippen LogP contribution >= 0.6 is 0 Å². The monoisotopic (exact) mass is 209 g/mol. The molecule has 3 unspecified atom stereocenters. The fourth-order valence-electron chi connectivity index (χ4n) is 3.68. The van der Waals surface area contributed by atoms with Gasteiger partial charge >= 0.3 is 0 Å². The molecule has 0 saturated heterocycles. The summed E-state index contributed by atoms with van der Waals surface area (Å²) in [4.78, 5) is 0. The van der Waals surface area contributed by atoms with Crippen molar-refractivity contribution in [2.24, 2.45) is 28.4 Å². The van der Waals surface area contributed by atoms with E-state index in [0.717, 1.165) is 18.4 Å². The molecule has 0 aliphatic heterocycles. The minimum atomic E-state index is 0.513. The number of hydrogen-bond donors (Lipinski definition) is 1. The van der Waals surface area contributed by atoms with Crippen LogP contribution in [0, 0.1) is 22.7 Å². The van der Waals surface area contributed by atoms with Gasteiger partial charge in [-0.2, -0.15) is 0 Å². The van der Waals surface area contributed by atoms with Gasteiger partial charge in [-0.25, -0.2) is 0 Å². The van der Waals surface area contributed by atoms with E-state index in [-0.39, 0.29) is 0 Å². The Kier molecular flexibility index (Phi) is 2.87. The molecule has 1 heteroatoms. The lowest BCUT2D eigenvalue weighted by Gasteiger charge is -2.29. The highest BCUT2D eigenvalue weighted by Crippen LogP contribution is 2.61. The van der Waals surface area contributed by atoms with Gasteiger partial charge < -0.3 is 5.73 Å². The number of rotatable bonds is 1. The molecule has 1 spiro atoms. The maximum absolute atomic E-state index is 5.81. The first kappa shape index (κ1) is 11.4. The van der Waals surface area contributed by atoms with Crippen LogP contribution in [0.1, 0.15) is 59.3 Å². The molecule has 2 aliphatic carbocycles. The Hall–Kier alpha value is -0.0400. The van der Waals surface area contributed by atoms with Gasteiger partial charge in [0.05, 0.1) is 0 Å². The zero-order valence-electron chi connectivity index (χ0n) is 10.7. The third-order valence-electron chi connectivity index (χ3n) is 5.09. The Balaban J connectivity index is 1.94. The van der Waals surface area contributed by atoms with Gasteiger partial charge in [0.1, 0.15) is 0 Å². The molecule has 3 atom stereocenters. The minimum absolute atomic E-state index is 0.513. The van der Waals surface area contributed by atoms with Crippen LogP contribution in [0.25, 0.3) is 0 Å². The average Bonchev–Trinajstić information content (AvgIpc) is 2.88. The summed E-state index contributed by atoms with van der Waals surface area (Å²) < 4.78 is 0. The molecule has 0 radical (unpaired) electrons. The summed E-state index contributed by atoms with van der Waals surface area (Å²) in [7, 11) is 0. The van der Waals surface area contributed by atoms with Gasteiger partial charge in [-0.05, 0) is 61.3 Å². The molecule has 2 aliphatic rings. The van der Waals surface area contributed by atoms with Crippen molar-refractivity contribution in [3.63, 3.8) is 0 Å². The maximum Gasteiger partial charge on any atom is -0.00433 e. The lowest BCUT2D eigenvalue weighted by Crippen LogP contribution is -2.20. The van der Waals surface area contributed by atoms with Crippen LogP contribution in [-0.4, -0.2) is 6.54 Å². The van der Waals surface area contributed by atoms with E-state index >= 15 is 0 Å². The molecular weight excluding hydrogens is 182 g/mol. The lowest BCUT2D eigenvalue weighted by atomic mass is 9.76. The molecule has 2 saturated carbocycles. The second kappa shape index (κ2) is 3.76. The largest absolute Gasteiger partial charge is 0.330 e. The molecule has 0 aromatic carbocycles. The highest BCUT2D eigenvalue weighted by Gasteiger charge is 2.53. The molecule has 2 fully saturated rings. The second-order valence-electron chi connectivity index (χ2n) is 6.99. The summed E-state index contributed by atoms with van der Waals surface area (Å²) in [6.45, 7) is 8.15. The van der Waals surface area contributed by atoms with E-state index in [2.05, 4.69) is 20.8 Å². The van der Waals surface area contributed by atoms with Crippen LogP contribution in [0.2, 0.25) is 0 Å². The van der Waals surface area contributed by atoms with Crippen molar-refractivity contribution in [3.05, 3.63) is 0 Å². The standard InChI is InChI=1S/C14H27N/c1-13(2,3)11-5-4-7-14(8-6-11)9-12(14)10-15/h11-12H,4-10,15H2,1-3H3. The SMILES string of the molecule is CC(C)(C)C1CCCC2(CC1)CC2CN. The first-order chi connectivity index (χ1) is 6.98. The van der Waals surface area contributed by atoms with E-state index in [4.69, 9.17) is 5.73 Å². The Morgan fingerprint density at radius 1 is 1.20 bits per heavy atom. The lowest BCUT2D eigenvalue weighted by molar-refractivity contribution is 0.211. The van der Waals surface area contributed by atoms with E-state index in [9.17, 15) is 0 Å². The summed E-state index contributed by atoms with van der Waals surface area (Å²) in [6.07, 6.45) is 8.68. The van der Waals surface area contributed by atoms with E-state index in [0.29, 0.717) is 10.8 Å². The zero-order valence-corrected chi connectivity index (χ0v) is 10.7. The molecule has 0 bridgehead atoms. The van der Waals surface area contributed by atoms with E-state index in [1.165, 1.54) is 38.5 Å². The first-order valence-electron chi connectivity index (χ1n) is 6.68. The van der Waals surface area contributed by atoms with Crippen LogP contribution in [0.5, 0.6) is 0 Å². The number of nitrogens with two attached hydrogens (primary N) is 1. The molecular formula is C14H27N. The first-order valence-corrected chi connectivity index (χ1v) is 6.68. The Bertz CT molecular complexity index is 228. The topological polar surface area (TPSA) is 26.0 Å². The van der Waals surface area contributed by atoms with Gasteiger partial charge in [0.25, 0.3) is 0 Å². The fraction of sp³-hybridized carbons (Fsp3) is 1.00. The quantitative estimate of drug-likeness (QED) is 0.702. The zero-order chi connectivity index (χ0) is 11.1. The predicted molar refractivity (Wildman–Crippen MR) is 65.6 cm³/mol. The van der Waals surface area contributed by atoms with E-state index < -0.39 is 0 Å². The molecule has 0 aromatic heterocycles. The van der Waals surface area contributed by atoms with Crippen molar-refractivity contribution in [2.75, 3.05) is 6.54 Å². The van der Waals surface area contributed by atoms with Crippen LogP contribution < -0.4 is 5.73 Å². The molecule has 1 nitrogen and oxygen atoms in total. The van der Waals surface area contributed by atoms with Crippen molar-refractivity contribution in [3.8, 4) is 0 Å². The summed E-state index contributed by atoms with van der Waals surface area (Å²) in [5.41, 5.74) is 7.03. The van der Waals surface area contributed by atoms with Crippen LogP contribution in [-0.2, 0) is 0 Å². The third-order valence-corrected chi connectivity index (χ3v) is 5.09.